The Bertz CT molecular complexity index is 1140. The van der Waals surface area contributed by atoms with E-state index in [2.05, 4.69) is 10.1 Å². The summed E-state index contributed by atoms with van der Waals surface area (Å²) in [4.78, 5) is 49.2. The van der Waals surface area contributed by atoms with Gasteiger partial charge in [-0.25, -0.2) is 22.9 Å². The maximum absolute atomic E-state index is 12.3. The number of benzene rings is 1. The van der Waals surface area contributed by atoms with Crippen molar-refractivity contribution in [2.75, 3.05) is 24.4 Å². The van der Waals surface area contributed by atoms with E-state index < -0.39 is 22.6 Å². The van der Waals surface area contributed by atoms with Crippen molar-refractivity contribution in [2.24, 2.45) is 0 Å². The second kappa shape index (κ2) is 10.0. The highest BCUT2D eigenvalue weighted by Gasteiger charge is 2.24. The van der Waals surface area contributed by atoms with Crippen molar-refractivity contribution in [3.63, 3.8) is 0 Å². The van der Waals surface area contributed by atoms with Crippen molar-refractivity contribution in [3.8, 4) is 0 Å². The van der Waals surface area contributed by atoms with Gasteiger partial charge in [-0.05, 0) is 42.8 Å². The molecule has 1 aliphatic heterocycles. The minimum Gasteiger partial charge on any atom is -0.454 e. The van der Waals surface area contributed by atoms with Crippen molar-refractivity contribution in [2.45, 2.75) is 19.3 Å². The van der Waals surface area contributed by atoms with Crippen LogP contribution in [0.2, 0.25) is 0 Å². The molecule has 0 radical (unpaired) electrons. The van der Waals surface area contributed by atoms with E-state index in [0.717, 1.165) is 16.1 Å². The molecule has 0 saturated carbocycles. The summed E-state index contributed by atoms with van der Waals surface area (Å²) in [6.45, 7) is -0.215. The molecule has 0 bridgehead atoms. The summed E-state index contributed by atoms with van der Waals surface area (Å²) >= 11 is 1.21. The van der Waals surface area contributed by atoms with Gasteiger partial charge in [-0.15, -0.1) is 11.3 Å². The van der Waals surface area contributed by atoms with Gasteiger partial charge in [0.05, 0.1) is 22.4 Å². The number of ether oxygens (including phenoxy) is 1. The molecule has 1 aromatic carbocycles. The summed E-state index contributed by atoms with van der Waals surface area (Å²) in [5, 5.41) is 1.13. The lowest BCUT2D eigenvalue weighted by Crippen LogP contribution is -2.50. The van der Waals surface area contributed by atoms with Crippen molar-refractivity contribution in [3.05, 3.63) is 51.7 Å². The summed E-state index contributed by atoms with van der Waals surface area (Å²) < 4.78 is 29.6. The highest BCUT2D eigenvalue weighted by atomic mass is 32.2. The number of hydrogen-bond acceptors (Lipinski definition) is 8. The Morgan fingerprint density at radius 3 is 2.53 bits per heavy atom. The van der Waals surface area contributed by atoms with Crippen LogP contribution in [-0.4, -0.2) is 51.4 Å². The van der Waals surface area contributed by atoms with Gasteiger partial charge in [-0.2, -0.15) is 0 Å². The fraction of sp³-hybridized carbons (Fsp3) is 0.300. The lowest BCUT2D eigenvalue weighted by Gasteiger charge is -2.27. The minimum atomic E-state index is -3.27. The Kier molecular flexibility index (Phi) is 7.38. The van der Waals surface area contributed by atoms with Crippen molar-refractivity contribution >= 4 is 50.6 Å². The number of ketones is 1. The summed E-state index contributed by atoms with van der Waals surface area (Å²) in [5.41, 5.74) is 3.06. The molecule has 12 heteroatoms. The van der Waals surface area contributed by atoms with Gasteiger partial charge in [0.1, 0.15) is 0 Å². The third kappa shape index (κ3) is 6.45. The van der Waals surface area contributed by atoms with Crippen LogP contribution in [0, 0.1) is 0 Å². The molecule has 1 aliphatic rings. The average Bonchev–Trinajstić information content (AvgIpc) is 3.22. The van der Waals surface area contributed by atoms with E-state index >= 15 is 0 Å². The Hall–Kier alpha value is -3.09. The molecule has 2 N–H and O–H groups in total. The number of carbonyl (C=O) groups is 4. The number of hydrogen-bond donors (Lipinski definition) is 2. The van der Waals surface area contributed by atoms with Crippen LogP contribution in [0.5, 0.6) is 0 Å². The molecule has 0 atom stereocenters. The van der Waals surface area contributed by atoms with E-state index in [0.29, 0.717) is 17.0 Å². The van der Waals surface area contributed by atoms with Gasteiger partial charge in [0.25, 0.3) is 0 Å². The van der Waals surface area contributed by atoms with Gasteiger partial charge in [-0.3, -0.25) is 19.8 Å². The zero-order valence-electron chi connectivity index (χ0n) is 17.1. The molecule has 2 heterocycles. The first kappa shape index (κ1) is 23.6. The van der Waals surface area contributed by atoms with Gasteiger partial charge in [0.15, 0.2) is 6.61 Å². The van der Waals surface area contributed by atoms with E-state index in [1.54, 1.807) is 12.1 Å². The summed E-state index contributed by atoms with van der Waals surface area (Å²) in [6, 6.07) is 9.21. The van der Waals surface area contributed by atoms with E-state index in [1.165, 1.54) is 35.6 Å². The molecular formula is C20H21N3O7S2. The summed E-state index contributed by atoms with van der Waals surface area (Å²) in [6.07, 6.45) is 1.76. The number of nitrogens with zero attached hydrogens (tertiary/aromatic N) is 1. The summed E-state index contributed by atoms with van der Waals surface area (Å²) in [5.74, 6) is -1.60. The average molecular weight is 480 g/mol. The van der Waals surface area contributed by atoms with E-state index in [-0.39, 0.29) is 42.5 Å². The number of anilines is 1. The van der Waals surface area contributed by atoms with Crippen LogP contribution in [0.3, 0.4) is 0 Å². The lowest BCUT2D eigenvalue weighted by molar-refractivity contribution is -0.130. The van der Waals surface area contributed by atoms with Crippen LogP contribution < -0.4 is 15.2 Å². The molecule has 10 nitrogen and oxygen atoms in total. The maximum atomic E-state index is 12.3. The number of thiophene rings is 1. The molecule has 1 saturated heterocycles. The molecule has 3 rings (SSSR count). The second-order valence-corrected chi connectivity index (χ2v) is 9.99. The van der Waals surface area contributed by atoms with Crippen molar-refractivity contribution < 1.29 is 32.3 Å². The second-order valence-electron chi connectivity index (χ2n) is 6.99. The zero-order chi connectivity index (χ0) is 23.3. The number of carbonyl (C=O) groups excluding carboxylic acids is 4. The molecule has 1 fully saturated rings. The smallest absolute Gasteiger partial charge is 0.338 e. The molecule has 0 unspecified atom stereocenters. The SMILES string of the molecule is CS(=O)(=O)NCCc1ccc(C(=O)COC(=O)c2ccc(N3NC(=O)CCC3=O)cc2)s1. The van der Waals surface area contributed by atoms with E-state index in [9.17, 15) is 27.6 Å². The van der Waals surface area contributed by atoms with Crippen molar-refractivity contribution in [1.82, 2.24) is 10.1 Å². The molecule has 0 aliphatic carbocycles. The highest BCUT2D eigenvalue weighted by Crippen LogP contribution is 2.19. The fourth-order valence-electron chi connectivity index (χ4n) is 2.84. The Morgan fingerprint density at radius 1 is 1.12 bits per heavy atom. The predicted molar refractivity (Wildman–Crippen MR) is 117 cm³/mol. The predicted octanol–water partition coefficient (Wildman–Crippen LogP) is 1.04. The monoisotopic (exact) mass is 479 g/mol. The molecule has 1 aromatic heterocycles. The summed E-state index contributed by atoms with van der Waals surface area (Å²) in [7, 11) is -3.27. The van der Waals surface area contributed by atoms with Crippen LogP contribution in [-0.2, 0) is 30.8 Å². The normalized spacial score (nSPS) is 14.2. The lowest BCUT2D eigenvalue weighted by atomic mass is 10.2. The van der Waals surface area contributed by atoms with Gasteiger partial charge in [0.2, 0.25) is 27.6 Å². The largest absolute Gasteiger partial charge is 0.454 e. The Labute approximate surface area is 188 Å². The molecule has 0 spiro atoms. The Morgan fingerprint density at radius 2 is 1.84 bits per heavy atom. The number of Topliss-reactive ketones (excluding diaryl/α,β-unsaturated/α-hetero) is 1. The maximum Gasteiger partial charge on any atom is 0.338 e. The van der Waals surface area contributed by atoms with Crippen LogP contribution in [0.4, 0.5) is 5.69 Å². The van der Waals surface area contributed by atoms with Gasteiger partial charge < -0.3 is 4.74 Å². The van der Waals surface area contributed by atoms with Gasteiger partial charge >= 0.3 is 5.97 Å². The van der Waals surface area contributed by atoms with Gasteiger partial charge in [-0.1, -0.05) is 0 Å². The topological polar surface area (TPSA) is 139 Å². The molecule has 170 valence electrons. The van der Waals surface area contributed by atoms with Crippen LogP contribution in [0.15, 0.2) is 36.4 Å². The minimum absolute atomic E-state index is 0.108. The van der Waals surface area contributed by atoms with Crippen LogP contribution >= 0.6 is 11.3 Å². The number of rotatable bonds is 9. The first-order valence-corrected chi connectivity index (χ1v) is 12.3. The number of hydrazine groups is 1. The van der Waals surface area contributed by atoms with Crippen molar-refractivity contribution in [1.29, 1.82) is 0 Å². The standard InChI is InChI=1S/C20H21N3O7S2/c1-32(28,29)21-11-10-15-6-7-17(31-15)16(24)12-30-20(27)13-2-4-14(5-3-13)23-19(26)9-8-18(25)22-23/h2-7,21H,8-12H2,1H3,(H,22,25). The first-order chi connectivity index (χ1) is 15.1. The molecule has 2 amide bonds. The third-order valence-corrected chi connectivity index (χ3v) is 6.33. The number of esters is 1. The first-order valence-electron chi connectivity index (χ1n) is 9.58. The quantitative estimate of drug-likeness (QED) is 0.405. The van der Waals surface area contributed by atoms with Gasteiger partial charge in [0, 0.05) is 24.3 Å². The number of amides is 2. The van der Waals surface area contributed by atoms with E-state index in [4.69, 9.17) is 4.74 Å². The van der Waals surface area contributed by atoms with Crippen LogP contribution in [0.25, 0.3) is 0 Å². The molecule has 32 heavy (non-hydrogen) atoms. The third-order valence-electron chi connectivity index (χ3n) is 4.42. The number of nitrogens with one attached hydrogen (secondary N) is 2. The van der Waals surface area contributed by atoms with E-state index in [1.807, 2.05) is 0 Å². The molecular weight excluding hydrogens is 458 g/mol. The zero-order valence-corrected chi connectivity index (χ0v) is 18.8. The number of sulfonamides is 1. The highest BCUT2D eigenvalue weighted by molar-refractivity contribution is 7.88. The Balaban J connectivity index is 1.51. The van der Waals surface area contributed by atoms with Crippen LogP contribution in [0.1, 0.15) is 37.7 Å². The fourth-order valence-corrected chi connectivity index (χ4v) is 4.24. The molecule has 2 aromatic rings.